The van der Waals surface area contributed by atoms with E-state index in [-0.39, 0.29) is 12.0 Å². The molecule has 10 heteroatoms. The van der Waals surface area contributed by atoms with E-state index in [1.807, 2.05) is 59.5 Å². The van der Waals surface area contributed by atoms with Crippen LogP contribution < -0.4 is 21.1 Å². The van der Waals surface area contributed by atoms with Crippen molar-refractivity contribution in [2.75, 3.05) is 4.90 Å². The third-order valence-corrected chi connectivity index (χ3v) is 5.60. The first-order valence-electron chi connectivity index (χ1n) is 10.3. The first-order valence-corrected chi connectivity index (χ1v) is 10.3. The summed E-state index contributed by atoms with van der Waals surface area (Å²) in [6.45, 7) is 0. The summed E-state index contributed by atoms with van der Waals surface area (Å²) in [4.78, 5) is 10.9. The van der Waals surface area contributed by atoms with Crippen molar-refractivity contribution in [1.29, 1.82) is 0 Å². The van der Waals surface area contributed by atoms with Gasteiger partial charge in [0.25, 0.3) is 0 Å². The molecule has 4 N–H and O–H groups in total. The normalized spacial score (nSPS) is 17.9. The molecular formula is C21H23N9O. The number of anilines is 1. The first kappa shape index (κ1) is 19.0. The van der Waals surface area contributed by atoms with Crippen molar-refractivity contribution < 1.29 is 4.74 Å². The summed E-state index contributed by atoms with van der Waals surface area (Å²) >= 11 is 0. The van der Waals surface area contributed by atoms with Crippen LogP contribution in [0, 0.1) is 0 Å². The molecule has 31 heavy (non-hydrogen) atoms. The number of hydrogen-bond acceptors (Lipinski definition) is 9. The molecule has 3 aromatic rings. The number of rotatable bonds is 4. The van der Waals surface area contributed by atoms with Gasteiger partial charge in [0.2, 0.25) is 11.9 Å². The first-order chi connectivity index (χ1) is 15.2. The highest BCUT2D eigenvalue weighted by molar-refractivity contribution is 6.06. The van der Waals surface area contributed by atoms with Crippen LogP contribution in [-0.4, -0.2) is 37.8 Å². The molecule has 0 radical (unpaired) electrons. The molecule has 1 aromatic heterocycles. The van der Waals surface area contributed by atoms with E-state index in [1.54, 1.807) is 0 Å². The lowest BCUT2D eigenvalue weighted by Crippen LogP contribution is -2.58. The van der Waals surface area contributed by atoms with Gasteiger partial charge in [-0.1, -0.05) is 41.9 Å². The Hall–Kier alpha value is -3.95. The molecule has 10 nitrogen and oxygen atoms in total. The smallest absolute Gasteiger partial charge is 0.345 e. The molecule has 1 spiro atoms. The lowest BCUT2D eigenvalue weighted by Gasteiger charge is -2.45. The molecule has 0 saturated heterocycles. The summed E-state index contributed by atoms with van der Waals surface area (Å²) in [5.74, 6) is 1.06. The topological polar surface area (TPSA) is 133 Å². The molecule has 0 unspecified atom stereocenters. The number of benzene rings is 2. The fourth-order valence-electron chi connectivity index (χ4n) is 4.27. The Labute approximate surface area is 179 Å². The second-order valence-electron chi connectivity index (χ2n) is 7.60. The second kappa shape index (κ2) is 7.71. The highest BCUT2D eigenvalue weighted by Gasteiger charge is 2.43. The summed E-state index contributed by atoms with van der Waals surface area (Å²) < 4.78 is 7.73. The van der Waals surface area contributed by atoms with Crippen LogP contribution in [0.25, 0.3) is 5.69 Å². The van der Waals surface area contributed by atoms with Gasteiger partial charge in [-0.05, 0) is 60.4 Å². The largest absolute Gasteiger partial charge is 0.421 e. The van der Waals surface area contributed by atoms with Crippen molar-refractivity contribution in [3.8, 4) is 17.4 Å². The van der Waals surface area contributed by atoms with Crippen molar-refractivity contribution in [3.63, 3.8) is 0 Å². The molecule has 2 aromatic carbocycles. The third kappa shape index (κ3) is 3.45. The maximum absolute atomic E-state index is 6.38. The summed E-state index contributed by atoms with van der Waals surface area (Å²) in [6, 6.07) is 17.4. The monoisotopic (exact) mass is 417 g/mol. The molecule has 2 aliphatic rings. The minimum atomic E-state index is -0.570. The SMILES string of the molecule is NC1=NC2(CCCCC2)N(c2ccccc2Oc2nnnn2-c2ccccc2)C(N)=N1. The average Bonchev–Trinajstić information content (AvgIpc) is 3.24. The van der Waals surface area contributed by atoms with Gasteiger partial charge in [0.1, 0.15) is 5.66 Å². The Kier molecular flexibility index (Phi) is 4.73. The van der Waals surface area contributed by atoms with E-state index in [0.29, 0.717) is 11.7 Å². The van der Waals surface area contributed by atoms with Crippen LogP contribution in [0.5, 0.6) is 11.8 Å². The zero-order valence-electron chi connectivity index (χ0n) is 16.9. The quantitative estimate of drug-likeness (QED) is 0.666. The van der Waals surface area contributed by atoms with Crippen molar-refractivity contribution >= 4 is 17.6 Å². The Morgan fingerprint density at radius 2 is 1.65 bits per heavy atom. The van der Waals surface area contributed by atoms with Gasteiger partial charge < -0.3 is 16.2 Å². The van der Waals surface area contributed by atoms with Crippen molar-refractivity contribution in [3.05, 3.63) is 54.6 Å². The number of hydrogen-bond donors (Lipinski definition) is 2. The summed E-state index contributed by atoms with van der Waals surface area (Å²) in [5.41, 5.74) is 13.3. The van der Waals surface area contributed by atoms with Crippen LogP contribution in [0.1, 0.15) is 32.1 Å². The molecule has 2 heterocycles. The third-order valence-electron chi connectivity index (χ3n) is 5.60. The van der Waals surface area contributed by atoms with Gasteiger partial charge in [0, 0.05) is 0 Å². The lowest BCUT2D eigenvalue weighted by atomic mass is 9.87. The summed E-state index contributed by atoms with van der Waals surface area (Å²) in [7, 11) is 0. The highest BCUT2D eigenvalue weighted by Crippen LogP contribution is 2.43. The molecule has 0 atom stereocenters. The predicted molar refractivity (Wildman–Crippen MR) is 117 cm³/mol. The van der Waals surface area contributed by atoms with Crippen LogP contribution in [0.2, 0.25) is 0 Å². The van der Waals surface area contributed by atoms with E-state index < -0.39 is 5.66 Å². The molecule has 1 aliphatic carbocycles. The molecular weight excluding hydrogens is 394 g/mol. The molecule has 0 amide bonds. The van der Waals surface area contributed by atoms with E-state index in [0.717, 1.165) is 43.5 Å². The highest BCUT2D eigenvalue weighted by atomic mass is 16.5. The van der Waals surface area contributed by atoms with Crippen molar-refractivity contribution in [2.45, 2.75) is 37.8 Å². The van der Waals surface area contributed by atoms with Gasteiger partial charge in [0.15, 0.2) is 5.75 Å². The Balaban J connectivity index is 1.55. The zero-order chi connectivity index (χ0) is 21.3. The number of para-hydroxylation sites is 3. The minimum Gasteiger partial charge on any atom is -0.421 e. The van der Waals surface area contributed by atoms with Gasteiger partial charge >= 0.3 is 6.01 Å². The van der Waals surface area contributed by atoms with E-state index in [1.165, 1.54) is 4.68 Å². The molecule has 1 aliphatic heterocycles. The van der Waals surface area contributed by atoms with Crippen LogP contribution in [-0.2, 0) is 0 Å². The van der Waals surface area contributed by atoms with E-state index in [2.05, 4.69) is 20.5 Å². The molecule has 0 bridgehead atoms. The van der Waals surface area contributed by atoms with Gasteiger partial charge in [-0.15, -0.1) is 0 Å². The fourth-order valence-corrected chi connectivity index (χ4v) is 4.27. The molecule has 1 fully saturated rings. The number of tetrazole rings is 1. The summed E-state index contributed by atoms with van der Waals surface area (Å²) in [6.07, 6.45) is 4.90. The maximum atomic E-state index is 6.38. The minimum absolute atomic E-state index is 0.210. The van der Waals surface area contributed by atoms with Gasteiger partial charge in [-0.3, -0.25) is 4.90 Å². The number of nitrogens with zero attached hydrogens (tertiary/aromatic N) is 7. The zero-order valence-corrected chi connectivity index (χ0v) is 16.9. The van der Waals surface area contributed by atoms with Crippen LogP contribution >= 0.6 is 0 Å². The van der Waals surface area contributed by atoms with Gasteiger partial charge in [-0.2, -0.15) is 9.67 Å². The van der Waals surface area contributed by atoms with Crippen molar-refractivity contribution in [2.24, 2.45) is 21.5 Å². The Morgan fingerprint density at radius 3 is 2.45 bits per heavy atom. The Bertz CT molecular complexity index is 1130. The molecule has 158 valence electrons. The van der Waals surface area contributed by atoms with Crippen LogP contribution in [0.3, 0.4) is 0 Å². The molecule has 5 rings (SSSR count). The number of aliphatic imine (C=N–C) groups is 2. The van der Waals surface area contributed by atoms with Crippen LogP contribution in [0.4, 0.5) is 5.69 Å². The fraction of sp³-hybridized carbons (Fsp3) is 0.286. The lowest BCUT2D eigenvalue weighted by molar-refractivity contribution is 0.303. The second-order valence-corrected chi connectivity index (χ2v) is 7.60. The van der Waals surface area contributed by atoms with Gasteiger partial charge in [0.05, 0.1) is 11.4 Å². The van der Waals surface area contributed by atoms with Gasteiger partial charge in [-0.25, -0.2) is 4.99 Å². The average molecular weight is 417 g/mol. The number of guanidine groups is 2. The van der Waals surface area contributed by atoms with E-state index in [9.17, 15) is 0 Å². The van der Waals surface area contributed by atoms with E-state index in [4.69, 9.17) is 21.2 Å². The summed E-state index contributed by atoms with van der Waals surface area (Å²) in [5, 5.41) is 11.9. The molecule has 1 saturated carbocycles. The maximum Gasteiger partial charge on any atom is 0.345 e. The predicted octanol–water partition coefficient (Wildman–Crippen LogP) is 2.56. The van der Waals surface area contributed by atoms with E-state index >= 15 is 0 Å². The standard InChI is InChI=1S/C21H23N9O/c22-18-24-19(23)29(21(25-18)13-7-2-8-14-21)16-11-5-6-12-17(16)31-20-26-27-28-30(20)15-9-3-1-4-10-15/h1,3-6,9-12H,2,7-8,13-14H2,(H4,22,23,24,25). The van der Waals surface area contributed by atoms with Crippen LogP contribution in [0.15, 0.2) is 64.6 Å². The van der Waals surface area contributed by atoms with Crippen molar-refractivity contribution in [1.82, 2.24) is 20.2 Å². The number of ether oxygens (including phenoxy) is 1. The number of aromatic nitrogens is 4. The number of nitrogens with two attached hydrogens (primary N) is 2. The Morgan fingerprint density at radius 1 is 0.903 bits per heavy atom.